The Bertz CT molecular complexity index is 2340. The maximum absolute atomic E-state index is 13.1. The molecule has 0 radical (unpaired) electrons. The van der Waals surface area contributed by atoms with Crippen molar-refractivity contribution < 1.29 is 59.5 Å². The molecule has 3 aliphatic carbocycles. The molecule has 6 aliphatic rings. The quantitative estimate of drug-likeness (QED) is 0.0638. The molecule has 14 heteroatoms. The number of aromatic carboxylic acids is 1. The SMILES string of the molecule is C=CCc1ccc(O[C@H]2O[C@H]3[C@@H](O)[C@H](O)[C@]2(O)C[C@H]([C@@H]2CC[C@@H]4C5(CCCC5)[C@@H](Cc5ccc(C(=O)O)cc5)C[C@]4(O)C2)[C@@H](O)CC#CO[C@H]3CCCO)cc1C[C@@H](COC)Cn1ccc(C#N)c1. The Morgan fingerprint density at radius 3 is 2.54 bits per heavy atom. The van der Waals surface area contributed by atoms with Crippen LogP contribution in [0.4, 0.5) is 0 Å². The van der Waals surface area contributed by atoms with E-state index in [0.29, 0.717) is 69.4 Å². The van der Waals surface area contributed by atoms with E-state index in [-0.39, 0.29) is 66.9 Å². The Kier molecular flexibility index (Phi) is 15.9. The molecule has 1 saturated heterocycles. The number of hydrogen-bond acceptors (Lipinski definition) is 12. The number of aliphatic hydroxyl groups excluding tert-OH is 4. The minimum absolute atomic E-state index is 0.00994. The van der Waals surface area contributed by atoms with Crippen LogP contribution in [-0.2, 0) is 40.0 Å². The van der Waals surface area contributed by atoms with Gasteiger partial charge in [-0.3, -0.25) is 0 Å². The van der Waals surface area contributed by atoms with Gasteiger partial charge in [-0.25, -0.2) is 4.79 Å². The van der Waals surface area contributed by atoms with Crippen molar-refractivity contribution >= 4 is 5.97 Å². The van der Waals surface area contributed by atoms with Crippen LogP contribution in [0, 0.1) is 58.4 Å². The summed E-state index contributed by atoms with van der Waals surface area (Å²) in [5.74, 6) is 1.42. The summed E-state index contributed by atoms with van der Waals surface area (Å²) >= 11 is 0. The molecule has 69 heavy (non-hydrogen) atoms. The van der Waals surface area contributed by atoms with Crippen molar-refractivity contribution in [3.05, 3.63) is 101 Å². The summed E-state index contributed by atoms with van der Waals surface area (Å²) in [6.07, 6.45) is 8.27. The number of hydrogen-bond donors (Lipinski definition) is 7. The van der Waals surface area contributed by atoms with Crippen LogP contribution in [0.25, 0.3) is 0 Å². The van der Waals surface area contributed by atoms with E-state index in [2.05, 4.69) is 24.7 Å². The zero-order valence-electron chi connectivity index (χ0n) is 39.7. The van der Waals surface area contributed by atoms with Crippen LogP contribution in [0.1, 0.15) is 110 Å². The van der Waals surface area contributed by atoms with Crippen molar-refractivity contribution in [1.29, 1.82) is 5.26 Å². The molecule has 9 rings (SSSR count). The molecule has 4 fully saturated rings. The van der Waals surface area contributed by atoms with Crippen molar-refractivity contribution in [3.8, 4) is 23.8 Å². The maximum atomic E-state index is 13.1. The van der Waals surface area contributed by atoms with Gasteiger partial charge in [0.2, 0.25) is 6.29 Å². The molecule has 13 atom stereocenters. The van der Waals surface area contributed by atoms with Crippen LogP contribution in [-0.4, -0.2) is 115 Å². The Morgan fingerprint density at radius 1 is 1.06 bits per heavy atom. The van der Waals surface area contributed by atoms with Gasteiger partial charge in [0.25, 0.3) is 0 Å². The number of benzene rings is 2. The van der Waals surface area contributed by atoms with Crippen LogP contribution in [0.3, 0.4) is 0 Å². The van der Waals surface area contributed by atoms with E-state index in [0.717, 1.165) is 42.4 Å². The average Bonchev–Trinajstić information content (AvgIpc) is 4.07. The topological polar surface area (TPSA) is 224 Å². The molecular weight excluding hydrogens is 881 g/mol. The van der Waals surface area contributed by atoms with E-state index in [1.807, 2.05) is 41.1 Å². The van der Waals surface area contributed by atoms with Crippen LogP contribution in [0.5, 0.6) is 5.75 Å². The Morgan fingerprint density at radius 2 is 1.84 bits per heavy atom. The molecule has 7 N–H and O–H groups in total. The molecule has 4 heterocycles. The number of ether oxygens (including phenoxy) is 4. The summed E-state index contributed by atoms with van der Waals surface area (Å²) in [7, 11) is 1.65. The Labute approximate surface area is 405 Å². The Hall–Kier alpha value is -4.74. The largest absolute Gasteiger partial charge is 0.478 e. The van der Waals surface area contributed by atoms with Gasteiger partial charge in [-0.2, -0.15) is 5.26 Å². The lowest BCUT2D eigenvalue weighted by atomic mass is 9.59. The number of allylic oxidation sites excluding steroid dienone is 1. The minimum Gasteiger partial charge on any atom is -0.478 e. The first kappa shape index (κ1) is 50.6. The molecule has 14 nitrogen and oxygen atoms in total. The first-order chi connectivity index (χ1) is 33.2. The van der Waals surface area contributed by atoms with Crippen molar-refractivity contribution in [2.24, 2.45) is 35.0 Å². The normalized spacial score (nSPS) is 33.2. The number of carboxylic acid groups (broad SMARTS) is 1. The van der Waals surface area contributed by atoms with Gasteiger partial charge in [0, 0.05) is 45.0 Å². The van der Waals surface area contributed by atoms with Gasteiger partial charge in [-0.15, -0.1) is 6.58 Å². The molecule has 2 aromatic carbocycles. The predicted molar refractivity (Wildman–Crippen MR) is 254 cm³/mol. The molecule has 3 aromatic rings. The molecule has 1 spiro atoms. The zero-order chi connectivity index (χ0) is 48.9. The second kappa shape index (κ2) is 21.7. The third kappa shape index (κ3) is 10.7. The summed E-state index contributed by atoms with van der Waals surface area (Å²) in [5.41, 5.74) is 0.304. The van der Waals surface area contributed by atoms with E-state index in [4.69, 9.17) is 18.9 Å². The highest BCUT2D eigenvalue weighted by Crippen LogP contribution is 2.67. The monoisotopic (exact) mass is 950 g/mol. The van der Waals surface area contributed by atoms with Gasteiger partial charge in [-0.1, -0.05) is 43.0 Å². The van der Waals surface area contributed by atoms with Gasteiger partial charge in [0.1, 0.15) is 42.3 Å². The summed E-state index contributed by atoms with van der Waals surface area (Å²) in [5, 5.41) is 91.1. The first-order valence-electron chi connectivity index (χ1n) is 24.9. The number of fused-ring (bicyclic) bond motifs is 10. The number of aromatic nitrogens is 1. The third-order valence-electron chi connectivity index (χ3n) is 16.6. The van der Waals surface area contributed by atoms with Crippen LogP contribution in [0.2, 0.25) is 0 Å². The molecule has 2 bridgehead atoms. The van der Waals surface area contributed by atoms with E-state index < -0.39 is 59.9 Å². The summed E-state index contributed by atoms with van der Waals surface area (Å²) in [4.78, 5) is 11.6. The highest BCUT2D eigenvalue weighted by Gasteiger charge is 2.65. The third-order valence-corrected chi connectivity index (χ3v) is 16.6. The number of rotatable bonds is 17. The van der Waals surface area contributed by atoms with Gasteiger partial charge >= 0.3 is 5.97 Å². The molecular formula is C55H70N2O12. The molecule has 1 aromatic heterocycles. The van der Waals surface area contributed by atoms with Gasteiger partial charge in [0.05, 0.1) is 29.4 Å². The summed E-state index contributed by atoms with van der Waals surface area (Å²) < 4.78 is 26.9. The smallest absolute Gasteiger partial charge is 0.335 e. The van der Waals surface area contributed by atoms with E-state index >= 15 is 0 Å². The van der Waals surface area contributed by atoms with Crippen molar-refractivity contribution in [3.63, 3.8) is 0 Å². The predicted octanol–water partition coefficient (Wildman–Crippen LogP) is 5.71. The number of aliphatic hydroxyl groups is 6. The fourth-order valence-corrected chi connectivity index (χ4v) is 13.4. The standard InChI is InChI=1S/C55H70N2O12/c1-3-8-38-15-17-43(27-41(38)25-37(34-66-2)33-57-22-19-36(31-56)32-57)68-52-55(65)30-44(45(59)9-7-24-67-46(10-6-23-58)49(69-52)48(60)50(55)61)40-16-18-47-53(20-4-5-21-53)42(29-54(47,64)28-40)26-35-11-13-39(14-12-35)51(62)63/h3,11-15,17,19,22,27,32,37,40,42,44-50,52,58-61,64-65H,1,4-6,8-10,16,18,20-21,23,25-26,28-30,33-34H2,2H3,(H,62,63)/t37-,40-,42+,44-,45+,46+,47-,48-,49-,50+,52+,54-,55-/m1/s1. The van der Waals surface area contributed by atoms with Crippen molar-refractivity contribution in [2.75, 3.05) is 20.3 Å². The minimum atomic E-state index is -2.28. The van der Waals surface area contributed by atoms with E-state index in [1.165, 1.54) is 0 Å². The van der Waals surface area contributed by atoms with E-state index in [1.54, 1.807) is 37.6 Å². The fraction of sp³-hybridized carbons (Fsp3) is 0.600. The zero-order valence-corrected chi connectivity index (χ0v) is 39.7. The second-order valence-electron chi connectivity index (χ2n) is 20.8. The average molecular weight is 951 g/mol. The molecule has 3 saturated carbocycles. The Balaban J connectivity index is 1.11. The van der Waals surface area contributed by atoms with Crippen LogP contribution >= 0.6 is 0 Å². The van der Waals surface area contributed by atoms with Crippen LogP contribution in [0.15, 0.2) is 73.6 Å². The summed E-state index contributed by atoms with van der Waals surface area (Å²) in [6, 6.07) is 16.5. The lowest BCUT2D eigenvalue weighted by Gasteiger charge is -2.52. The number of carboxylic acids is 1. The fourth-order valence-electron chi connectivity index (χ4n) is 13.4. The molecule has 0 amide bonds. The van der Waals surface area contributed by atoms with Gasteiger partial charge < -0.3 is 59.3 Å². The van der Waals surface area contributed by atoms with Crippen molar-refractivity contribution in [1.82, 2.24) is 4.57 Å². The van der Waals surface area contributed by atoms with Gasteiger partial charge in [0.15, 0.2) is 5.60 Å². The van der Waals surface area contributed by atoms with Crippen LogP contribution < -0.4 is 4.74 Å². The number of nitrogens with zero attached hydrogens (tertiary/aromatic N) is 2. The molecule has 3 aliphatic heterocycles. The van der Waals surface area contributed by atoms with Gasteiger partial charge in [-0.05, 0) is 153 Å². The lowest BCUT2D eigenvalue weighted by Crippen LogP contribution is -2.70. The number of nitriles is 1. The van der Waals surface area contributed by atoms with Crippen molar-refractivity contribution in [2.45, 2.75) is 151 Å². The number of carbonyl (C=O) groups is 1. The first-order valence-corrected chi connectivity index (χ1v) is 24.9. The van der Waals surface area contributed by atoms with E-state index in [9.17, 15) is 45.8 Å². The molecule has 372 valence electrons. The molecule has 0 unspecified atom stereocenters. The lowest BCUT2D eigenvalue weighted by molar-refractivity contribution is -0.334. The summed E-state index contributed by atoms with van der Waals surface area (Å²) in [6.45, 7) is 4.81. The number of methoxy groups -OCH3 is 1. The second-order valence-corrected chi connectivity index (χ2v) is 20.8. The maximum Gasteiger partial charge on any atom is 0.335 e. The highest BCUT2D eigenvalue weighted by atomic mass is 16.7. The highest BCUT2D eigenvalue weighted by molar-refractivity contribution is 5.87.